The van der Waals surface area contributed by atoms with Crippen LogP contribution >= 0.6 is 0 Å². The van der Waals surface area contributed by atoms with Crippen molar-refractivity contribution < 1.29 is 9.21 Å². The van der Waals surface area contributed by atoms with E-state index in [-0.39, 0.29) is 29.6 Å². The number of rotatable bonds is 4. The summed E-state index contributed by atoms with van der Waals surface area (Å²) in [6.07, 6.45) is 3.11. The Bertz CT molecular complexity index is 1220. The van der Waals surface area contributed by atoms with E-state index in [2.05, 4.69) is 15.4 Å². The van der Waals surface area contributed by atoms with Gasteiger partial charge in [0.15, 0.2) is 0 Å². The molecule has 0 radical (unpaired) electrons. The van der Waals surface area contributed by atoms with Crippen LogP contribution in [-0.4, -0.2) is 25.2 Å². The fourth-order valence-electron chi connectivity index (χ4n) is 3.19. The van der Waals surface area contributed by atoms with Crippen molar-refractivity contribution in [2.24, 2.45) is 7.05 Å². The Morgan fingerprint density at radius 3 is 2.85 bits per heavy atom. The number of aryl methyl sites for hydroxylation is 1. The zero-order valence-corrected chi connectivity index (χ0v) is 15.3. The molecule has 1 aromatic carbocycles. The second-order valence-corrected chi connectivity index (χ2v) is 6.55. The minimum absolute atomic E-state index is 0.136. The van der Waals surface area contributed by atoms with E-state index in [0.717, 1.165) is 16.6 Å². The average Bonchev–Trinajstić information content (AvgIpc) is 3.18. The summed E-state index contributed by atoms with van der Waals surface area (Å²) in [5.74, 6) is -0.287. The number of carbonyl (C=O) groups is 1. The van der Waals surface area contributed by atoms with Gasteiger partial charge in [0.2, 0.25) is 11.5 Å². The van der Waals surface area contributed by atoms with Crippen LogP contribution in [0.1, 0.15) is 24.2 Å². The van der Waals surface area contributed by atoms with Crippen molar-refractivity contribution in [3.63, 3.8) is 0 Å². The van der Waals surface area contributed by atoms with Gasteiger partial charge >= 0.3 is 0 Å². The molecule has 0 saturated carbocycles. The predicted octanol–water partition coefficient (Wildman–Crippen LogP) is 2.06. The van der Waals surface area contributed by atoms with Gasteiger partial charge in [0.1, 0.15) is 17.6 Å². The lowest BCUT2D eigenvalue weighted by Crippen LogP contribution is -2.34. The molecular formula is C19H19N5O3. The van der Waals surface area contributed by atoms with Gasteiger partial charge in [-0.15, -0.1) is 0 Å². The molecule has 0 fully saturated rings. The standard InChI is InChI=1S/C19H19N5O3/c1-11(14-8-21-23(3)12(14)2)22-16(25)9-24-10-20-17-13-6-4-5-7-15(13)27-18(17)19(24)26/h4-8,10-11H,9H2,1-3H3,(H,22,25). The van der Waals surface area contributed by atoms with E-state index in [1.54, 1.807) is 16.9 Å². The summed E-state index contributed by atoms with van der Waals surface area (Å²) in [5, 5.41) is 7.86. The molecule has 27 heavy (non-hydrogen) atoms. The smallest absolute Gasteiger partial charge is 0.297 e. The molecule has 3 heterocycles. The zero-order chi connectivity index (χ0) is 19.1. The van der Waals surface area contributed by atoms with Crippen LogP contribution in [0.5, 0.6) is 0 Å². The van der Waals surface area contributed by atoms with Crippen molar-refractivity contribution in [1.82, 2.24) is 24.6 Å². The normalized spacial score (nSPS) is 12.6. The molecule has 1 amide bonds. The number of carbonyl (C=O) groups excluding carboxylic acids is 1. The molecule has 4 rings (SSSR count). The average molecular weight is 365 g/mol. The Morgan fingerprint density at radius 1 is 1.33 bits per heavy atom. The van der Waals surface area contributed by atoms with E-state index in [1.165, 1.54) is 10.9 Å². The summed E-state index contributed by atoms with van der Waals surface area (Å²) in [6, 6.07) is 7.11. The summed E-state index contributed by atoms with van der Waals surface area (Å²) in [7, 11) is 1.85. The van der Waals surface area contributed by atoms with Crippen LogP contribution in [0.3, 0.4) is 0 Å². The molecule has 0 aliphatic carbocycles. The molecule has 8 nitrogen and oxygen atoms in total. The SMILES string of the molecule is Cc1c(C(C)NC(=O)Cn2cnc3c(oc4ccccc43)c2=O)cnn1C. The van der Waals surface area contributed by atoms with Gasteiger partial charge in [-0.25, -0.2) is 4.98 Å². The Morgan fingerprint density at radius 2 is 2.11 bits per heavy atom. The lowest BCUT2D eigenvalue weighted by atomic mass is 10.1. The van der Waals surface area contributed by atoms with E-state index in [4.69, 9.17) is 4.42 Å². The van der Waals surface area contributed by atoms with Crippen molar-refractivity contribution in [2.45, 2.75) is 26.4 Å². The first-order chi connectivity index (χ1) is 13.0. The van der Waals surface area contributed by atoms with E-state index in [9.17, 15) is 9.59 Å². The Hall–Kier alpha value is -3.42. The molecule has 0 aliphatic rings. The monoisotopic (exact) mass is 365 g/mol. The quantitative estimate of drug-likeness (QED) is 0.597. The molecule has 1 atom stereocenters. The number of para-hydroxylation sites is 1. The van der Waals surface area contributed by atoms with Crippen LogP contribution < -0.4 is 10.9 Å². The van der Waals surface area contributed by atoms with Crippen molar-refractivity contribution in [3.8, 4) is 0 Å². The van der Waals surface area contributed by atoms with Crippen molar-refractivity contribution in [1.29, 1.82) is 0 Å². The van der Waals surface area contributed by atoms with Crippen LogP contribution in [-0.2, 0) is 18.4 Å². The maximum absolute atomic E-state index is 12.7. The maximum Gasteiger partial charge on any atom is 0.297 e. The summed E-state index contributed by atoms with van der Waals surface area (Å²) in [4.78, 5) is 29.4. The number of amides is 1. The van der Waals surface area contributed by atoms with Gasteiger partial charge in [0, 0.05) is 23.7 Å². The van der Waals surface area contributed by atoms with Crippen LogP contribution in [0.15, 0.2) is 46.0 Å². The number of benzene rings is 1. The fraction of sp³-hybridized carbons (Fsp3) is 0.263. The second-order valence-electron chi connectivity index (χ2n) is 6.55. The van der Waals surface area contributed by atoms with Gasteiger partial charge in [-0.2, -0.15) is 5.10 Å². The van der Waals surface area contributed by atoms with E-state index in [0.29, 0.717) is 11.1 Å². The minimum Gasteiger partial charge on any atom is -0.448 e. The fourth-order valence-corrected chi connectivity index (χ4v) is 3.19. The highest BCUT2D eigenvalue weighted by Crippen LogP contribution is 2.24. The van der Waals surface area contributed by atoms with Gasteiger partial charge < -0.3 is 9.73 Å². The predicted molar refractivity (Wildman–Crippen MR) is 100 cm³/mol. The summed E-state index contributed by atoms with van der Waals surface area (Å²) >= 11 is 0. The van der Waals surface area contributed by atoms with E-state index in [1.807, 2.05) is 39.1 Å². The number of fused-ring (bicyclic) bond motifs is 3. The van der Waals surface area contributed by atoms with Gasteiger partial charge in [-0.3, -0.25) is 18.8 Å². The highest BCUT2D eigenvalue weighted by atomic mass is 16.3. The maximum atomic E-state index is 12.7. The van der Waals surface area contributed by atoms with Crippen molar-refractivity contribution in [3.05, 3.63) is 58.4 Å². The van der Waals surface area contributed by atoms with Crippen LogP contribution in [0.25, 0.3) is 22.1 Å². The molecule has 8 heteroatoms. The molecular weight excluding hydrogens is 346 g/mol. The first-order valence-corrected chi connectivity index (χ1v) is 8.60. The van der Waals surface area contributed by atoms with Gasteiger partial charge in [-0.05, 0) is 26.0 Å². The minimum atomic E-state index is -0.378. The molecule has 3 aromatic heterocycles. The molecule has 0 saturated heterocycles. The Kier molecular flexibility index (Phi) is 4.02. The lowest BCUT2D eigenvalue weighted by Gasteiger charge is -2.14. The Labute approximate surface area is 154 Å². The van der Waals surface area contributed by atoms with Gasteiger partial charge in [0.05, 0.1) is 18.6 Å². The van der Waals surface area contributed by atoms with Crippen LogP contribution in [0.4, 0.5) is 0 Å². The molecule has 1 unspecified atom stereocenters. The highest BCUT2D eigenvalue weighted by Gasteiger charge is 2.17. The van der Waals surface area contributed by atoms with Crippen LogP contribution in [0.2, 0.25) is 0 Å². The molecule has 0 bridgehead atoms. The second kappa shape index (κ2) is 6.39. The van der Waals surface area contributed by atoms with Crippen LogP contribution in [0, 0.1) is 6.92 Å². The Balaban J connectivity index is 1.58. The zero-order valence-electron chi connectivity index (χ0n) is 15.3. The van der Waals surface area contributed by atoms with Gasteiger partial charge in [0.25, 0.3) is 5.56 Å². The molecule has 0 aliphatic heterocycles. The number of nitrogens with one attached hydrogen (secondary N) is 1. The third-order valence-corrected chi connectivity index (χ3v) is 4.78. The number of nitrogens with zero attached hydrogens (tertiary/aromatic N) is 4. The molecule has 138 valence electrons. The van der Waals surface area contributed by atoms with E-state index >= 15 is 0 Å². The highest BCUT2D eigenvalue weighted by molar-refractivity contribution is 6.01. The molecule has 0 spiro atoms. The van der Waals surface area contributed by atoms with Crippen molar-refractivity contribution >= 4 is 28.0 Å². The van der Waals surface area contributed by atoms with Gasteiger partial charge in [-0.1, -0.05) is 12.1 Å². The lowest BCUT2D eigenvalue weighted by molar-refractivity contribution is -0.122. The molecule has 1 N–H and O–H groups in total. The number of aromatic nitrogens is 4. The summed E-state index contributed by atoms with van der Waals surface area (Å²) in [5.41, 5.74) is 2.79. The summed E-state index contributed by atoms with van der Waals surface area (Å²) < 4.78 is 8.64. The third-order valence-electron chi connectivity index (χ3n) is 4.78. The molecule has 4 aromatic rings. The van der Waals surface area contributed by atoms with E-state index < -0.39 is 0 Å². The summed E-state index contributed by atoms with van der Waals surface area (Å²) in [6.45, 7) is 3.68. The number of hydrogen-bond acceptors (Lipinski definition) is 5. The first-order valence-electron chi connectivity index (χ1n) is 8.60. The number of hydrogen-bond donors (Lipinski definition) is 1. The first kappa shape index (κ1) is 17.0. The van der Waals surface area contributed by atoms with Crippen molar-refractivity contribution in [2.75, 3.05) is 0 Å². The topological polar surface area (TPSA) is 94.9 Å². The number of furan rings is 1. The third kappa shape index (κ3) is 2.88. The largest absolute Gasteiger partial charge is 0.448 e.